The largest absolute Gasteiger partial charge is 0.316 e. The molecule has 90 valence electrons. The van der Waals surface area contributed by atoms with Gasteiger partial charge in [-0.1, -0.05) is 6.92 Å². The zero-order valence-electron chi connectivity index (χ0n) is 10.7. The first-order valence-electron chi connectivity index (χ1n) is 6.35. The van der Waals surface area contributed by atoms with E-state index in [1.54, 1.807) is 0 Å². The Morgan fingerprint density at radius 2 is 2.25 bits per heavy atom. The minimum atomic E-state index is 0.537. The van der Waals surface area contributed by atoms with E-state index in [1.807, 2.05) is 4.68 Å². The molecule has 1 heterocycles. The van der Waals surface area contributed by atoms with Crippen molar-refractivity contribution >= 4 is 0 Å². The van der Waals surface area contributed by atoms with Crippen molar-refractivity contribution in [1.29, 1.82) is 0 Å². The molecule has 0 bridgehead atoms. The minimum absolute atomic E-state index is 0.537. The van der Waals surface area contributed by atoms with E-state index in [2.05, 4.69) is 37.4 Å². The van der Waals surface area contributed by atoms with E-state index in [1.165, 1.54) is 37.9 Å². The van der Waals surface area contributed by atoms with Crippen LogP contribution in [0.15, 0.2) is 6.07 Å². The third-order valence-corrected chi connectivity index (χ3v) is 3.54. The van der Waals surface area contributed by atoms with Gasteiger partial charge in [0.15, 0.2) is 0 Å². The van der Waals surface area contributed by atoms with E-state index in [-0.39, 0.29) is 0 Å². The van der Waals surface area contributed by atoms with Gasteiger partial charge in [0.1, 0.15) is 0 Å². The van der Waals surface area contributed by atoms with Crippen molar-refractivity contribution in [3.8, 4) is 0 Å². The molecule has 0 amide bonds. The lowest BCUT2D eigenvalue weighted by Gasteiger charge is -2.15. The summed E-state index contributed by atoms with van der Waals surface area (Å²) in [5, 5.41) is 7.97. The van der Waals surface area contributed by atoms with Crippen LogP contribution in [0.5, 0.6) is 0 Å². The normalized spacial score (nSPS) is 17.7. The molecule has 0 aliphatic heterocycles. The number of nitrogens with one attached hydrogen (secondary N) is 1. The van der Waals surface area contributed by atoms with Crippen LogP contribution in [0.4, 0.5) is 0 Å². The lowest BCUT2D eigenvalue weighted by atomic mass is 10.00. The summed E-state index contributed by atoms with van der Waals surface area (Å²) < 4.78 is 2.04. The van der Waals surface area contributed by atoms with Crippen LogP contribution in [-0.4, -0.2) is 22.9 Å². The maximum atomic E-state index is 4.42. The summed E-state index contributed by atoms with van der Waals surface area (Å²) in [4.78, 5) is 0. The van der Waals surface area contributed by atoms with E-state index < -0.39 is 0 Å². The smallest absolute Gasteiger partial charge is 0.0596 e. The van der Waals surface area contributed by atoms with Gasteiger partial charge in [0, 0.05) is 19.3 Å². The summed E-state index contributed by atoms with van der Waals surface area (Å²) in [7, 11) is 2.05. The lowest BCUT2D eigenvalue weighted by molar-refractivity contribution is 0.442. The molecule has 3 nitrogen and oxygen atoms in total. The fourth-order valence-electron chi connectivity index (χ4n) is 2.34. The molecule has 0 radical (unpaired) electrons. The van der Waals surface area contributed by atoms with Gasteiger partial charge in [-0.25, -0.2) is 0 Å². The molecule has 1 saturated carbocycles. The van der Waals surface area contributed by atoms with Crippen LogP contribution in [0, 0.1) is 12.3 Å². The topological polar surface area (TPSA) is 29.9 Å². The second kappa shape index (κ2) is 4.58. The zero-order chi connectivity index (χ0) is 11.6. The highest BCUT2D eigenvalue weighted by molar-refractivity contribution is 5.14. The number of nitrogens with zero attached hydrogens (tertiary/aromatic N) is 2. The maximum Gasteiger partial charge on any atom is 0.0596 e. The Morgan fingerprint density at radius 1 is 1.50 bits per heavy atom. The highest BCUT2D eigenvalue weighted by Crippen LogP contribution is 2.47. The summed E-state index contributed by atoms with van der Waals surface area (Å²) in [5.74, 6) is 0. The van der Waals surface area contributed by atoms with Crippen molar-refractivity contribution in [3.63, 3.8) is 0 Å². The summed E-state index contributed by atoms with van der Waals surface area (Å²) in [6.45, 7) is 6.60. The van der Waals surface area contributed by atoms with Crippen molar-refractivity contribution in [3.05, 3.63) is 17.5 Å². The van der Waals surface area contributed by atoms with E-state index in [0.717, 1.165) is 12.2 Å². The van der Waals surface area contributed by atoms with Gasteiger partial charge in [0.05, 0.1) is 5.69 Å². The molecule has 1 N–H and O–H groups in total. The molecular formula is C13H23N3. The number of hydrogen-bond acceptors (Lipinski definition) is 2. The second-order valence-corrected chi connectivity index (χ2v) is 5.25. The van der Waals surface area contributed by atoms with Gasteiger partial charge in [-0.05, 0) is 50.6 Å². The molecular weight excluding hydrogens is 198 g/mol. The number of aryl methyl sites for hydroxylation is 2. The molecule has 0 atom stereocenters. The summed E-state index contributed by atoms with van der Waals surface area (Å²) in [5.41, 5.74) is 3.05. The van der Waals surface area contributed by atoms with E-state index in [4.69, 9.17) is 0 Å². The maximum absolute atomic E-state index is 4.42. The van der Waals surface area contributed by atoms with Crippen molar-refractivity contribution in [2.24, 2.45) is 12.5 Å². The van der Waals surface area contributed by atoms with Crippen molar-refractivity contribution in [2.75, 3.05) is 13.1 Å². The van der Waals surface area contributed by atoms with Gasteiger partial charge in [0.2, 0.25) is 0 Å². The first-order chi connectivity index (χ1) is 7.65. The zero-order valence-corrected chi connectivity index (χ0v) is 10.7. The predicted octanol–water partition coefficient (Wildman–Crippen LogP) is 2.05. The third kappa shape index (κ3) is 2.64. The Bertz CT molecular complexity index is 350. The van der Waals surface area contributed by atoms with Gasteiger partial charge in [-0.15, -0.1) is 0 Å². The number of rotatable bonds is 6. The Kier molecular flexibility index (Phi) is 3.33. The highest BCUT2D eigenvalue weighted by Gasteiger charge is 2.42. The van der Waals surface area contributed by atoms with E-state index in [9.17, 15) is 0 Å². The molecule has 1 aliphatic rings. The molecule has 1 fully saturated rings. The Morgan fingerprint density at radius 3 is 2.75 bits per heavy atom. The first kappa shape index (κ1) is 11.6. The standard InChI is InChI=1S/C13H23N3/c1-4-7-14-10-13(5-6-13)9-12-8-11(2)15-16(12)3/h8,14H,4-7,9-10H2,1-3H3. The SMILES string of the molecule is CCCNCC1(Cc2cc(C)nn2C)CC1. The van der Waals surface area contributed by atoms with Gasteiger partial charge in [-0.2, -0.15) is 5.10 Å². The average molecular weight is 221 g/mol. The summed E-state index contributed by atoms with van der Waals surface area (Å²) >= 11 is 0. The second-order valence-electron chi connectivity index (χ2n) is 5.25. The van der Waals surface area contributed by atoms with Crippen LogP contribution in [-0.2, 0) is 13.5 Å². The molecule has 1 aliphatic carbocycles. The summed E-state index contributed by atoms with van der Waals surface area (Å²) in [6, 6.07) is 2.22. The molecule has 0 unspecified atom stereocenters. The van der Waals surface area contributed by atoms with Crippen LogP contribution in [0.25, 0.3) is 0 Å². The van der Waals surface area contributed by atoms with Crippen LogP contribution in [0.1, 0.15) is 37.6 Å². The van der Waals surface area contributed by atoms with Gasteiger partial charge in [0.25, 0.3) is 0 Å². The molecule has 0 saturated heterocycles. The fraction of sp³-hybridized carbons (Fsp3) is 0.769. The van der Waals surface area contributed by atoms with Crippen molar-refractivity contribution < 1.29 is 0 Å². The Labute approximate surface area is 98.2 Å². The monoisotopic (exact) mass is 221 g/mol. The molecule has 1 aromatic rings. The molecule has 0 spiro atoms. The average Bonchev–Trinajstić information content (AvgIpc) is 2.90. The highest BCUT2D eigenvalue weighted by atomic mass is 15.3. The van der Waals surface area contributed by atoms with Crippen LogP contribution in [0.3, 0.4) is 0 Å². The van der Waals surface area contributed by atoms with Gasteiger partial charge < -0.3 is 5.32 Å². The van der Waals surface area contributed by atoms with Crippen molar-refractivity contribution in [1.82, 2.24) is 15.1 Å². The van der Waals surface area contributed by atoms with Crippen LogP contribution >= 0.6 is 0 Å². The fourth-order valence-corrected chi connectivity index (χ4v) is 2.34. The molecule has 0 aromatic carbocycles. The number of hydrogen-bond donors (Lipinski definition) is 1. The predicted molar refractivity (Wildman–Crippen MR) is 66.5 cm³/mol. The third-order valence-electron chi connectivity index (χ3n) is 3.54. The van der Waals surface area contributed by atoms with Gasteiger partial charge >= 0.3 is 0 Å². The molecule has 2 rings (SSSR count). The molecule has 1 aromatic heterocycles. The van der Waals surface area contributed by atoms with Crippen LogP contribution < -0.4 is 5.32 Å². The molecule has 16 heavy (non-hydrogen) atoms. The van der Waals surface area contributed by atoms with E-state index >= 15 is 0 Å². The Hall–Kier alpha value is -0.830. The Balaban J connectivity index is 1.91. The van der Waals surface area contributed by atoms with Crippen molar-refractivity contribution in [2.45, 2.75) is 39.5 Å². The van der Waals surface area contributed by atoms with E-state index in [0.29, 0.717) is 5.41 Å². The quantitative estimate of drug-likeness (QED) is 0.745. The number of aromatic nitrogens is 2. The van der Waals surface area contributed by atoms with Gasteiger partial charge in [-0.3, -0.25) is 4.68 Å². The summed E-state index contributed by atoms with van der Waals surface area (Å²) in [6.07, 6.45) is 5.14. The molecule has 3 heteroatoms. The van der Waals surface area contributed by atoms with Crippen LogP contribution in [0.2, 0.25) is 0 Å². The minimum Gasteiger partial charge on any atom is -0.316 e. The first-order valence-corrected chi connectivity index (χ1v) is 6.35. The lowest BCUT2D eigenvalue weighted by Crippen LogP contribution is -2.26.